The van der Waals surface area contributed by atoms with Gasteiger partial charge < -0.3 is 4.99 Å². The molecule has 9 heavy (non-hydrogen) atoms. The van der Waals surface area contributed by atoms with E-state index in [1.807, 2.05) is 0 Å². The Hall–Kier alpha value is -0.840. The SMILES string of the molecule is C=NCCCCCC#N. The molecule has 0 unspecified atom stereocenters. The van der Waals surface area contributed by atoms with Gasteiger partial charge in [0.25, 0.3) is 0 Å². The van der Waals surface area contributed by atoms with Gasteiger partial charge in [0.15, 0.2) is 0 Å². The van der Waals surface area contributed by atoms with E-state index in [0.29, 0.717) is 6.42 Å². The minimum atomic E-state index is 0.678. The third kappa shape index (κ3) is 7.16. The highest BCUT2D eigenvalue weighted by Gasteiger charge is 1.84. The summed E-state index contributed by atoms with van der Waals surface area (Å²) < 4.78 is 0. The Morgan fingerprint density at radius 3 is 2.67 bits per heavy atom. The number of nitriles is 1. The summed E-state index contributed by atoms with van der Waals surface area (Å²) >= 11 is 0. The summed E-state index contributed by atoms with van der Waals surface area (Å²) in [6.07, 6.45) is 3.86. The number of nitrogens with zero attached hydrogens (tertiary/aromatic N) is 2. The van der Waals surface area contributed by atoms with Crippen LogP contribution in [-0.2, 0) is 0 Å². The number of rotatable bonds is 5. The van der Waals surface area contributed by atoms with Crippen LogP contribution in [0.4, 0.5) is 0 Å². The molecule has 2 heteroatoms. The van der Waals surface area contributed by atoms with Crippen molar-refractivity contribution >= 4 is 6.72 Å². The first-order chi connectivity index (χ1) is 4.41. The molecule has 0 rings (SSSR count). The maximum absolute atomic E-state index is 8.14. The molecular weight excluding hydrogens is 112 g/mol. The summed E-state index contributed by atoms with van der Waals surface area (Å²) in [5.41, 5.74) is 0. The second kappa shape index (κ2) is 7.16. The van der Waals surface area contributed by atoms with Crippen molar-refractivity contribution in [1.29, 1.82) is 5.26 Å². The average molecular weight is 124 g/mol. The molecule has 0 heterocycles. The van der Waals surface area contributed by atoms with Gasteiger partial charge in [0, 0.05) is 13.0 Å². The molecule has 0 fully saturated rings. The van der Waals surface area contributed by atoms with Crippen LogP contribution in [0.15, 0.2) is 4.99 Å². The zero-order chi connectivity index (χ0) is 6.95. The molecule has 0 N–H and O–H groups in total. The fourth-order valence-corrected chi connectivity index (χ4v) is 0.604. The molecule has 0 aromatic rings. The summed E-state index contributed by atoms with van der Waals surface area (Å²) in [6.45, 7) is 4.20. The van der Waals surface area contributed by atoms with Crippen LogP contribution in [0.5, 0.6) is 0 Å². The van der Waals surface area contributed by atoms with Crippen molar-refractivity contribution in [2.75, 3.05) is 6.54 Å². The summed E-state index contributed by atoms with van der Waals surface area (Å²) in [4.78, 5) is 3.70. The molecule has 2 nitrogen and oxygen atoms in total. The highest BCUT2D eigenvalue weighted by Crippen LogP contribution is 1.97. The largest absolute Gasteiger partial charge is 0.301 e. The number of aliphatic imine (C=N–C) groups is 1. The molecule has 0 atom stereocenters. The second-order valence-corrected chi connectivity index (χ2v) is 1.92. The van der Waals surface area contributed by atoms with Crippen molar-refractivity contribution in [2.45, 2.75) is 25.7 Å². The van der Waals surface area contributed by atoms with Crippen molar-refractivity contribution in [1.82, 2.24) is 0 Å². The Morgan fingerprint density at radius 2 is 2.11 bits per heavy atom. The Balaban J connectivity index is 2.76. The lowest BCUT2D eigenvalue weighted by Gasteiger charge is -1.90. The topological polar surface area (TPSA) is 36.1 Å². The monoisotopic (exact) mass is 124 g/mol. The summed E-state index contributed by atoms with van der Waals surface area (Å²) in [7, 11) is 0. The Labute approximate surface area is 56.2 Å². The van der Waals surface area contributed by atoms with E-state index in [-0.39, 0.29) is 0 Å². The first-order valence-electron chi connectivity index (χ1n) is 3.21. The smallest absolute Gasteiger partial charge is 0.0621 e. The van der Waals surface area contributed by atoms with Crippen LogP contribution in [0.25, 0.3) is 0 Å². The Kier molecular flexibility index (Phi) is 6.49. The lowest BCUT2D eigenvalue weighted by molar-refractivity contribution is 0.701. The molecule has 0 bridgehead atoms. The van der Waals surface area contributed by atoms with Crippen molar-refractivity contribution in [3.05, 3.63) is 0 Å². The molecule has 0 saturated heterocycles. The lowest BCUT2D eigenvalue weighted by atomic mass is 10.2. The van der Waals surface area contributed by atoms with Gasteiger partial charge in [-0.15, -0.1) is 0 Å². The number of unbranched alkanes of at least 4 members (excludes halogenated alkanes) is 3. The fourth-order valence-electron chi connectivity index (χ4n) is 0.604. The van der Waals surface area contributed by atoms with E-state index in [0.717, 1.165) is 25.8 Å². The normalized spacial score (nSPS) is 8.33. The third-order valence-corrected chi connectivity index (χ3v) is 1.10. The summed E-state index contributed by atoms with van der Waals surface area (Å²) in [6, 6.07) is 2.10. The van der Waals surface area contributed by atoms with Gasteiger partial charge in [-0.25, -0.2) is 0 Å². The summed E-state index contributed by atoms with van der Waals surface area (Å²) in [5.74, 6) is 0. The highest BCUT2D eigenvalue weighted by molar-refractivity contribution is 5.22. The van der Waals surface area contributed by atoms with Crippen LogP contribution < -0.4 is 0 Å². The van der Waals surface area contributed by atoms with E-state index in [1.54, 1.807) is 0 Å². The van der Waals surface area contributed by atoms with Gasteiger partial charge in [-0.1, -0.05) is 6.42 Å². The summed E-state index contributed by atoms with van der Waals surface area (Å²) in [5, 5.41) is 8.14. The van der Waals surface area contributed by atoms with Crippen LogP contribution in [0, 0.1) is 11.3 Å². The van der Waals surface area contributed by atoms with Crippen LogP contribution in [0.1, 0.15) is 25.7 Å². The van der Waals surface area contributed by atoms with Crippen LogP contribution in [0.2, 0.25) is 0 Å². The standard InChI is InChI=1S/C7H12N2/c1-9-7-5-3-2-4-6-8/h1-5,7H2. The minimum absolute atomic E-state index is 0.678. The Morgan fingerprint density at radius 1 is 1.33 bits per heavy atom. The molecule has 0 radical (unpaired) electrons. The van der Waals surface area contributed by atoms with Crippen molar-refractivity contribution in [3.8, 4) is 6.07 Å². The van der Waals surface area contributed by atoms with E-state index in [1.165, 1.54) is 0 Å². The fraction of sp³-hybridized carbons (Fsp3) is 0.714. The van der Waals surface area contributed by atoms with Crippen LogP contribution in [-0.4, -0.2) is 13.3 Å². The molecule has 0 saturated carbocycles. The van der Waals surface area contributed by atoms with E-state index < -0.39 is 0 Å². The molecular formula is C7H12N2. The van der Waals surface area contributed by atoms with Gasteiger partial charge >= 0.3 is 0 Å². The predicted molar refractivity (Wildman–Crippen MR) is 38.5 cm³/mol. The maximum atomic E-state index is 8.14. The van der Waals surface area contributed by atoms with E-state index in [4.69, 9.17) is 5.26 Å². The molecule has 0 aromatic carbocycles. The minimum Gasteiger partial charge on any atom is -0.301 e. The lowest BCUT2D eigenvalue weighted by Crippen LogP contribution is -1.79. The second-order valence-electron chi connectivity index (χ2n) is 1.92. The first kappa shape index (κ1) is 8.16. The maximum Gasteiger partial charge on any atom is 0.0621 e. The quantitative estimate of drug-likeness (QED) is 0.406. The number of hydrogen-bond donors (Lipinski definition) is 0. The molecule has 0 aliphatic heterocycles. The van der Waals surface area contributed by atoms with Crippen LogP contribution >= 0.6 is 0 Å². The molecule has 0 amide bonds. The van der Waals surface area contributed by atoms with Crippen molar-refractivity contribution in [2.24, 2.45) is 4.99 Å². The van der Waals surface area contributed by atoms with Gasteiger partial charge in [0.2, 0.25) is 0 Å². The van der Waals surface area contributed by atoms with Gasteiger partial charge in [-0.3, -0.25) is 0 Å². The van der Waals surface area contributed by atoms with Crippen molar-refractivity contribution < 1.29 is 0 Å². The van der Waals surface area contributed by atoms with E-state index in [2.05, 4.69) is 17.8 Å². The number of hydrogen-bond acceptors (Lipinski definition) is 2. The highest BCUT2D eigenvalue weighted by atomic mass is 14.7. The molecule has 0 aromatic heterocycles. The molecule has 0 spiro atoms. The van der Waals surface area contributed by atoms with Gasteiger partial charge in [0.1, 0.15) is 0 Å². The van der Waals surface area contributed by atoms with Gasteiger partial charge in [-0.05, 0) is 19.6 Å². The Bertz CT molecular complexity index is 102. The molecule has 0 aliphatic carbocycles. The van der Waals surface area contributed by atoms with Gasteiger partial charge in [0.05, 0.1) is 6.07 Å². The first-order valence-corrected chi connectivity index (χ1v) is 3.21. The molecule has 0 aliphatic rings. The predicted octanol–water partition coefficient (Wildman–Crippen LogP) is 1.77. The zero-order valence-electron chi connectivity index (χ0n) is 5.64. The molecule has 50 valence electrons. The van der Waals surface area contributed by atoms with E-state index >= 15 is 0 Å². The third-order valence-electron chi connectivity index (χ3n) is 1.10. The zero-order valence-corrected chi connectivity index (χ0v) is 5.64. The van der Waals surface area contributed by atoms with Crippen molar-refractivity contribution in [3.63, 3.8) is 0 Å². The van der Waals surface area contributed by atoms with Gasteiger partial charge in [-0.2, -0.15) is 5.26 Å². The van der Waals surface area contributed by atoms with Crippen LogP contribution in [0.3, 0.4) is 0 Å². The average Bonchev–Trinajstić information content (AvgIpc) is 1.89. The van der Waals surface area contributed by atoms with E-state index in [9.17, 15) is 0 Å².